The van der Waals surface area contributed by atoms with Crippen molar-refractivity contribution in [2.75, 3.05) is 30.3 Å². The van der Waals surface area contributed by atoms with Gasteiger partial charge in [-0.3, -0.25) is 13.9 Å². The maximum atomic E-state index is 14.1. The first-order valence-corrected chi connectivity index (χ1v) is 15.3. The number of benzene rings is 3. The van der Waals surface area contributed by atoms with Gasteiger partial charge in [0.15, 0.2) is 0 Å². The van der Waals surface area contributed by atoms with Gasteiger partial charge in [0.05, 0.1) is 18.6 Å². The molecular formula is C31H39N3O5S. The molecule has 1 atom stereocenters. The van der Waals surface area contributed by atoms with Crippen LogP contribution in [0.5, 0.6) is 5.75 Å². The van der Waals surface area contributed by atoms with Gasteiger partial charge in [-0.25, -0.2) is 8.42 Å². The highest BCUT2D eigenvalue weighted by Crippen LogP contribution is 2.23. The number of anilines is 1. The van der Waals surface area contributed by atoms with E-state index in [2.05, 4.69) is 5.32 Å². The third-order valence-corrected chi connectivity index (χ3v) is 7.68. The second-order valence-corrected chi connectivity index (χ2v) is 11.5. The molecule has 0 aromatic heterocycles. The van der Waals surface area contributed by atoms with Crippen molar-refractivity contribution in [2.24, 2.45) is 0 Å². The number of aryl methyl sites for hydroxylation is 1. The van der Waals surface area contributed by atoms with Gasteiger partial charge in [0.1, 0.15) is 18.3 Å². The minimum atomic E-state index is -3.83. The molecule has 0 saturated carbocycles. The molecule has 0 aliphatic carbocycles. The third kappa shape index (κ3) is 8.58. The Morgan fingerprint density at radius 3 is 2.17 bits per heavy atom. The fourth-order valence-corrected chi connectivity index (χ4v) is 5.23. The van der Waals surface area contributed by atoms with Crippen LogP contribution < -0.4 is 14.4 Å². The summed E-state index contributed by atoms with van der Waals surface area (Å²) in [6, 6.07) is 22.9. The van der Waals surface area contributed by atoms with Crippen molar-refractivity contribution in [1.29, 1.82) is 0 Å². The van der Waals surface area contributed by atoms with Crippen molar-refractivity contribution in [1.82, 2.24) is 10.2 Å². The summed E-state index contributed by atoms with van der Waals surface area (Å²) >= 11 is 0. The normalized spacial score (nSPS) is 11.9. The molecule has 0 fully saturated rings. The predicted octanol–water partition coefficient (Wildman–Crippen LogP) is 4.33. The number of sulfonamides is 1. The SMILES string of the molecule is CCCNC(=O)[C@@H](Cc1ccccc1)N(Cc1ccccc1C)C(=O)CN(c1ccc(OCC)cc1)S(C)(=O)=O. The van der Waals surface area contributed by atoms with Gasteiger partial charge in [0.25, 0.3) is 0 Å². The Kier molecular flexibility index (Phi) is 11.1. The molecule has 1 N–H and O–H groups in total. The summed E-state index contributed by atoms with van der Waals surface area (Å²) in [6.07, 6.45) is 2.10. The van der Waals surface area contributed by atoms with Gasteiger partial charge >= 0.3 is 0 Å². The fourth-order valence-electron chi connectivity index (χ4n) is 4.38. The van der Waals surface area contributed by atoms with Crippen molar-refractivity contribution >= 4 is 27.5 Å². The van der Waals surface area contributed by atoms with Crippen LogP contribution in [0.3, 0.4) is 0 Å². The molecule has 3 aromatic rings. The van der Waals surface area contributed by atoms with Crippen LogP contribution >= 0.6 is 0 Å². The van der Waals surface area contributed by atoms with Crippen molar-refractivity contribution in [2.45, 2.75) is 46.2 Å². The van der Waals surface area contributed by atoms with Crippen molar-refractivity contribution in [3.63, 3.8) is 0 Å². The van der Waals surface area contributed by atoms with Crippen molar-refractivity contribution in [3.05, 3.63) is 95.6 Å². The molecule has 8 nitrogen and oxygen atoms in total. The average Bonchev–Trinajstić information content (AvgIpc) is 2.93. The number of nitrogens with zero attached hydrogens (tertiary/aromatic N) is 2. The van der Waals surface area contributed by atoms with E-state index in [-0.39, 0.29) is 18.9 Å². The molecular weight excluding hydrogens is 526 g/mol. The van der Waals surface area contributed by atoms with Gasteiger partial charge in [-0.2, -0.15) is 0 Å². The zero-order valence-corrected chi connectivity index (χ0v) is 24.5. The summed E-state index contributed by atoms with van der Waals surface area (Å²) in [7, 11) is -3.83. The molecule has 40 heavy (non-hydrogen) atoms. The lowest BCUT2D eigenvalue weighted by Gasteiger charge is -2.34. The molecule has 0 bridgehead atoms. The van der Waals surface area contributed by atoms with Gasteiger partial charge < -0.3 is 15.0 Å². The Morgan fingerprint density at radius 2 is 1.57 bits per heavy atom. The maximum absolute atomic E-state index is 14.1. The Balaban J connectivity index is 2.03. The Labute approximate surface area is 238 Å². The van der Waals surface area contributed by atoms with Crippen LogP contribution in [0.1, 0.15) is 37.0 Å². The second-order valence-electron chi connectivity index (χ2n) is 9.64. The highest BCUT2D eigenvalue weighted by molar-refractivity contribution is 7.92. The number of nitrogens with one attached hydrogen (secondary N) is 1. The van der Waals surface area contributed by atoms with E-state index in [0.29, 0.717) is 24.6 Å². The average molecular weight is 566 g/mol. The van der Waals surface area contributed by atoms with Gasteiger partial charge in [-0.1, -0.05) is 61.5 Å². The standard InChI is InChI=1S/C31H39N3O5S/c1-5-20-32-31(36)29(21-25-13-8-7-9-14-25)33(22-26-15-11-10-12-24(26)3)30(35)23-34(40(4,37)38)27-16-18-28(19-17-27)39-6-2/h7-19,29H,5-6,20-23H2,1-4H3,(H,32,36)/t29-/m1/s1. The molecule has 0 saturated heterocycles. The van der Waals surface area contributed by atoms with E-state index >= 15 is 0 Å². The number of carbonyl (C=O) groups excluding carboxylic acids is 2. The third-order valence-electron chi connectivity index (χ3n) is 6.54. The number of hydrogen-bond donors (Lipinski definition) is 1. The van der Waals surface area contributed by atoms with E-state index in [1.165, 1.54) is 4.90 Å². The zero-order valence-electron chi connectivity index (χ0n) is 23.7. The molecule has 0 heterocycles. The lowest BCUT2D eigenvalue weighted by Crippen LogP contribution is -2.53. The van der Waals surface area contributed by atoms with Gasteiger partial charge in [-0.05, 0) is 61.2 Å². The smallest absolute Gasteiger partial charge is 0.244 e. The van der Waals surface area contributed by atoms with Crippen LogP contribution in [-0.2, 0) is 32.6 Å². The van der Waals surface area contributed by atoms with E-state index in [4.69, 9.17) is 4.74 Å². The van der Waals surface area contributed by atoms with E-state index in [1.54, 1.807) is 24.3 Å². The molecule has 0 radical (unpaired) electrons. The molecule has 214 valence electrons. The van der Waals surface area contributed by atoms with Crippen LogP contribution in [0.15, 0.2) is 78.9 Å². The van der Waals surface area contributed by atoms with E-state index in [0.717, 1.165) is 33.7 Å². The summed E-state index contributed by atoms with van der Waals surface area (Å²) in [5.74, 6) is -0.155. The fraction of sp³-hybridized carbons (Fsp3) is 0.355. The monoisotopic (exact) mass is 565 g/mol. The van der Waals surface area contributed by atoms with Crippen LogP contribution in [-0.4, -0.2) is 57.1 Å². The van der Waals surface area contributed by atoms with Crippen LogP contribution in [0, 0.1) is 6.92 Å². The number of hydrogen-bond acceptors (Lipinski definition) is 5. The molecule has 0 unspecified atom stereocenters. The van der Waals surface area contributed by atoms with Crippen LogP contribution in [0.25, 0.3) is 0 Å². The van der Waals surface area contributed by atoms with Crippen molar-refractivity contribution in [3.8, 4) is 5.75 Å². The summed E-state index contributed by atoms with van der Waals surface area (Å²) in [4.78, 5) is 29.1. The number of amides is 2. The zero-order chi connectivity index (χ0) is 29.1. The summed E-state index contributed by atoms with van der Waals surface area (Å²) < 4.78 is 32.3. The minimum absolute atomic E-state index is 0.156. The summed E-state index contributed by atoms with van der Waals surface area (Å²) in [5.41, 5.74) is 3.08. The number of ether oxygens (including phenoxy) is 1. The number of rotatable bonds is 14. The highest BCUT2D eigenvalue weighted by Gasteiger charge is 2.33. The first kappa shape index (κ1) is 30.7. The maximum Gasteiger partial charge on any atom is 0.244 e. The molecule has 0 aliphatic heterocycles. The Bertz CT molecular complexity index is 1360. The Hall–Kier alpha value is -3.85. The number of carbonyl (C=O) groups is 2. The van der Waals surface area contributed by atoms with Crippen LogP contribution in [0.2, 0.25) is 0 Å². The summed E-state index contributed by atoms with van der Waals surface area (Å²) in [5, 5.41) is 2.94. The Morgan fingerprint density at radius 1 is 0.925 bits per heavy atom. The van der Waals surface area contributed by atoms with Gasteiger partial charge in [-0.15, -0.1) is 0 Å². The highest BCUT2D eigenvalue weighted by atomic mass is 32.2. The van der Waals surface area contributed by atoms with Crippen molar-refractivity contribution < 1.29 is 22.7 Å². The summed E-state index contributed by atoms with van der Waals surface area (Å²) in [6.45, 7) is 6.42. The largest absolute Gasteiger partial charge is 0.494 e. The van der Waals surface area contributed by atoms with E-state index < -0.39 is 28.5 Å². The van der Waals surface area contributed by atoms with Gasteiger partial charge in [0, 0.05) is 19.5 Å². The molecule has 2 amide bonds. The molecule has 3 rings (SSSR count). The lowest BCUT2D eigenvalue weighted by molar-refractivity contribution is -0.140. The molecule has 3 aromatic carbocycles. The predicted molar refractivity (Wildman–Crippen MR) is 159 cm³/mol. The topological polar surface area (TPSA) is 96.0 Å². The second kappa shape index (κ2) is 14.5. The molecule has 9 heteroatoms. The quantitative estimate of drug-likeness (QED) is 0.314. The lowest BCUT2D eigenvalue weighted by atomic mass is 10.0. The molecule has 0 aliphatic rings. The van der Waals surface area contributed by atoms with Crippen LogP contribution in [0.4, 0.5) is 5.69 Å². The van der Waals surface area contributed by atoms with Gasteiger partial charge in [0.2, 0.25) is 21.8 Å². The molecule has 0 spiro atoms. The van der Waals surface area contributed by atoms with E-state index in [1.807, 2.05) is 75.4 Å². The minimum Gasteiger partial charge on any atom is -0.494 e. The first-order valence-electron chi connectivity index (χ1n) is 13.5. The van der Waals surface area contributed by atoms with E-state index in [9.17, 15) is 18.0 Å². The first-order chi connectivity index (χ1) is 19.1.